The van der Waals surface area contributed by atoms with E-state index < -0.39 is 6.08 Å². The normalized spacial score (nSPS) is 10.6. The molecule has 0 amide bonds. The van der Waals surface area contributed by atoms with Crippen molar-refractivity contribution in [1.82, 2.24) is 4.98 Å². The van der Waals surface area contributed by atoms with E-state index in [1.165, 1.54) is 0 Å². The zero-order chi connectivity index (χ0) is 7.84. The zero-order valence-electron chi connectivity index (χ0n) is 5.37. The molecule has 0 aliphatic rings. The van der Waals surface area contributed by atoms with Gasteiger partial charge in [-0.1, -0.05) is 11.6 Å². The van der Waals surface area contributed by atoms with Crippen LogP contribution in [0, 0.1) is 0 Å². The predicted octanol–water partition coefficient (Wildman–Crippen LogP) is 2.62. The molecule has 1 radical (unpaired) electrons. The minimum absolute atomic E-state index is 0.433. The second kappa shape index (κ2) is 2.13. The van der Waals surface area contributed by atoms with Gasteiger partial charge in [0.15, 0.2) is 5.58 Å². The first-order valence-electron chi connectivity index (χ1n) is 2.99. The van der Waals surface area contributed by atoms with Gasteiger partial charge in [0.25, 0.3) is 0 Å². The van der Waals surface area contributed by atoms with Gasteiger partial charge in [-0.2, -0.15) is 4.98 Å². The van der Waals surface area contributed by atoms with Gasteiger partial charge in [0.05, 0.1) is 0 Å². The Morgan fingerprint density at radius 3 is 3.09 bits per heavy atom. The van der Waals surface area contributed by atoms with Crippen molar-refractivity contribution in [3.05, 3.63) is 23.2 Å². The second-order valence-corrected chi connectivity index (χ2v) is 2.53. The van der Waals surface area contributed by atoms with Crippen LogP contribution in [-0.4, -0.2) is 4.98 Å². The number of nitrogens with zero attached hydrogens (tertiary/aromatic N) is 1. The summed E-state index contributed by atoms with van der Waals surface area (Å²) in [5, 5.41) is 11.1. The summed E-state index contributed by atoms with van der Waals surface area (Å²) < 4.78 is 4.70. The highest BCUT2D eigenvalue weighted by Gasteiger charge is 2.04. The van der Waals surface area contributed by atoms with Crippen molar-refractivity contribution in [2.24, 2.45) is 0 Å². The Labute approximate surface area is 67.2 Å². The van der Waals surface area contributed by atoms with Gasteiger partial charge in [-0.05, 0) is 12.1 Å². The van der Waals surface area contributed by atoms with Crippen LogP contribution in [0.5, 0.6) is 6.08 Å². The molecule has 0 saturated carbocycles. The van der Waals surface area contributed by atoms with Crippen molar-refractivity contribution in [1.29, 1.82) is 0 Å². The van der Waals surface area contributed by atoms with Crippen molar-refractivity contribution in [3.63, 3.8) is 0 Å². The molecule has 0 N–H and O–H groups in total. The van der Waals surface area contributed by atoms with Gasteiger partial charge in [0, 0.05) is 11.1 Å². The van der Waals surface area contributed by atoms with Crippen LogP contribution in [0.25, 0.3) is 11.1 Å². The van der Waals surface area contributed by atoms with E-state index in [1.54, 1.807) is 18.2 Å². The zero-order valence-corrected chi connectivity index (χ0v) is 6.13. The number of rotatable bonds is 0. The summed E-state index contributed by atoms with van der Waals surface area (Å²) in [4.78, 5) is 3.57. The Kier molecular flexibility index (Phi) is 1.26. The summed E-state index contributed by atoms with van der Waals surface area (Å²) >= 11 is 5.64. The van der Waals surface area contributed by atoms with Crippen molar-refractivity contribution < 1.29 is 9.52 Å². The molecule has 0 aliphatic heterocycles. The smallest absolute Gasteiger partial charge is 0.406 e. The van der Waals surface area contributed by atoms with Gasteiger partial charge in [0.2, 0.25) is 0 Å². The van der Waals surface area contributed by atoms with Gasteiger partial charge in [-0.15, -0.1) is 0 Å². The molecular formula is C7H3ClNO2. The van der Waals surface area contributed by atoms with Crippen LogP contribution in [0.2, 0.25) is 5.02 Å². The largest absolute Gasteiger partial charge is 0.439 e. The highest BCUT2D eigenvalue weighted by Crippen LogP contribution is 2.22. The van der Waals surface area contributed by atoms with E-state index >= 15 is 0 Å². The molecule has 0 unspecified atom stereocenters. The highest BCUT2D eigenvalue weighted by molar-refractivity contribution is 6.31. The Balaban J connectivity index is 2.82. The third-order valence-corrected chi connectivity index (χ3v) is 1.57. The maximum Gasteiger partial charge on any atom is 0.439 e. The highest BCUT2D eigenvalue weighted by atomic mass is 35.5. The molecule has 1 heterocycles. The monoisotopic (exact) mass is 168 g/mol. The van der Waals surface area contributed by atoms with E-state index in [0.29, 0.717) is 16.1 Å². The molecule has 0 bridgehead atoms. The third kappa shape index (κ3) is 1.03. The summed E-state index contributed by atoms with van der Waals surface area (Å²) in [6.07, 6.45) is -0.581. The topological polar surface area (TPSA) is 45.9 Å². The van der Waals surface area contributed by atoms with Crippen LogP contribution in [0.3, 0.4) is 0 Å². The van der Waals surface area contributed by atoms with E-state index in [4.69, 9.17) is 16.0 Å². The molecular weight excluding hydrogens is 166 g/mol. The molecule has 11 heavy (non-hydrogen) atoms. The lowest BCUT2D eigenvalue weighted by molar-refractivity contribution is 0.245. The molecule has 1 aromatic carbocycles. The Bertz CT molecular complexity index is 396. The van der Waals surface area contributed by atoms with E-state index in [0.717, 1.165) is 0 Å². The van der Waals surface area contributed by atoms with Crippen LogP contribution in [0.1, 0.15) is 0 Å². The number of hydrogen-bond donors (Lipinski definition) is 0. The van der Waals surface area contributed by atoms with Gasteiger partial charge in [-0.3, -0.25) is 0 Å². The summed E-state index contributed by atoms with van der Waals surface area (Å²) in [6, 6.07) is 4.86. The maximum absolute atomic E-state index is 10.6. The molecule has 0 saturated heterocycles. The Morgan fingerprint density at radius 2 is 2.27 bits per heavy atom. The number of benzene rings is 1. The SMILES string of the molecule is [O]c1nc2ccc(Cl)cc2o1. The molecule has 2 aromatic rings. The fraction of sp³-hybridized carbons (Fsp3) is 0. The first-order valence-corrected chi connectivity index (χ1v) is 3.36. The lowest BCUT2D eigenvalue weighted by atomic mass is 10.3. The average molecular weight is 169 g/mol. The van der Waals surface area contributed by atoms with Crippen molar-refractivity contribution in [2.75, 3.05) is 0 Å². The summed E-state index contributed by atoms with van der Waals surface area (Å²) in [7, 11) is 0. The van der Waals surface area contributed by atoms with Crippen molar-refractivity contribution in [2.45, 2.75) is 0 Å². The van der Waals surface area contributed by atoms with Gasteiger partial charge < -0.3 is 4.42 Å². The molecule has 4 heteroatoms. The Morgan fingerprint density at radius 1 is 1.45 bits per heavy atom. The number of aromatic nitrogens is 1. The van der Waals surface area contributed by atoms with E-state index in [2.05, 4.69) is 4.98 Å². The van der Waals surface area contributed by atoms with Crippen LogP contribution >= 0.6 is 11.6 Å². The summed E-state index contributed by atoms with van der Waals surface area (Å²) in [5.41, 5.74) is 0.974. The van der Waals surface area contributed by atoms with Gasteiger partial charge in [0.1, 0.15) is 5.52 Å². The molecule has 0 fully saturated rings. The summed E-state index contributed by atoms with van der Waals surface area (Å²) in [5.74, 6) is 0. The average Bonchev–Trinajstić information content (AvgIpc) is 2.27. The molecule has 0 spiro atoms. The van der Waals surface area contributed by atoms with E-state index in [9.17, 15) is 5.11 Å². The molecule has 55 valence electrons. The second-order valence-electron chi connectivity index (χ2n) is 2.09. The maximum atomic E-state index is 10.6. The Hall–Kier alpha value is -1.22. The lowest BCUT2D eigenvalue weighted by Gasteiger charge is -1.85. The fourth-order valence-corrected chi connectivity index (χ4v) is 1.04. The van der Waals surface area contributed by atoms with Crippen molar-refractivity contribution >= 4 is 22.7 Å². The minimum Gasteiger partial charge on any atom is -0.406 e. The predicted molar refractivity (Wildman–Crippen MR) is 39.2 cm³/mol. The van der Waals surface area contributed by atoms with E-state index in [1.807, 2.05) is 0 Å². The summed E-state index contributed by atoms with van der Waals surface area (Å²) in [6.45, 7) is 0. The van der Waals surface area contributed by atoms with Gasteiger partial charge in [-0.25, -0.2) is 5.11 Å². The molecule has 3 nitrogen and oxygen atoms in total. The molecule has 2 rings (SSSR count). The first-order chi connectivity index (χ1) is 5.25. The van der Waals surface area contributed by atoms with Crippen molar-refractivity contribution in [3.8, 4) is 6.08 Å². The lowest BCUT2D eigenvalue weighted by Crippen LogP contribution is -1.65. The van der Waals surface area contributed by atoms with Crippen LogP contribution in [0.15, 0.2) is 22.6 Å². The number of hydrogen-bond acceptors (Lipinski definition) is 2. The molecule has 0 atom stereocenters. The number of fused-ring (bicyclic) bond motifs is 1. The van der Waals surface area contributed by atoms with Crippen LogP contribution in [0.4, 0.5) is 0 Å². The van der Waals surface area contributed by atoms with Gasteiger partial charge >= 0.3 is 6.08 Å². The fourth-order valence-electron chi connectivity index (χ4n) is 0.877. The van der Waals surface area contributed by atoms with Crippen LogP contribution < -0.4 is 0 Å². The molecule has 1 aromatic heterocycles. The van der Waals surface area contributed by atoms with E-state index in [-0.39, 0.29) is 0 Å². The third-order valence-electron chi connectivity index (χ3n) is 1.33. The first kappa shape index (κ1) is 6.49. The minimum atomic E-state index is -0.581. The number of halogens is 1. The number of oxazole rings is 1. The standard InChI is InChI=1S/C7H3ClNO2/c8-4-1-2-5-6(3-4)11-7(10)9-5/h1-3H. The quantitative estimate of drug-likeness (QED) is 0.607. The van der Waals surface area contributed by atoms with Crippen LogP contribution in [-0.2, 0) is 5.11 Å². The molecule has 0 aliphatic carbocycles.